The van der Waals surface area contributed by atoms with E-state index in [4.69, 9.17) is 14.2 Å². The van der Waals surface area contributed by atoms with Gasteiger partial charge in [0, 0.05) is 32.3 Å². The highest BCUT2D eigenvalue weighted by Crippen LogP contribution is 2.36. The minimum absolute atomic E-state index is 0.177. The van der Waals surface area contributed by atoms with Crippen LogP contribution in [0, 0.1) is 45.3 Å². The van der Waals surface area contributed by atoms with Gasteiger partial charge in [-0.1, -0.05) is 83.1 Å². The largest absolute Gasteiger partial charge is 0.390 e. The molecule has 7 heteroatoms. The third-order valence-corrected chi connectivity index (χ3v) is 11.3. The van der Waals surface area contributed by atoms with Crippen LogP contribution in [0.1, 0.15) is 115 Å². The zero-order chi connectivity index (χ0) is 31.7. The van der Waals surface area contributed by atoms with Crippen molar-refractivity contribution in [3.8, 4) is 0 Å². The molecule has 0 aromatic carbocycles. The number of aliphatic hydroxyl groups is 1. The lowest BCUT2D eigenvalue weighted by molar-refractivity contribution is 0.0286. The second-order valence-corrected chi connectivity index (χ2v) is 19.4. The van der Waals surface area contributed by atoms with Crippen molar-refractivity contribution < 1.29 is 27.7 Å². The van der Waals surface area contributed by atoms with E-state index >= 15 is 0 Å². The molecular weight excluding hydrogens is 536 g/mol. The molecule has 3 atom stereocenters. The van der Waals surface area contributed by atoms with E-state index < -0.39 is 9.84 Å². The van der Waals surface area contributed by atoms with E-state index in [1.165, 1.54) is 19.3 Å². The smallest absolute Gasteiger partial charge is 0.150 e. The van der Waals surface area contributed by atoms with Crippen LogP contribution >= 0.6 is 0 Å². The number of rotatable bonds is 0. The lowest BCUT2D eigenvalue weighted by Gasteiger charge is -2.33. The maximum absolute atomic E-state index is 11.1. The van der Waals surface area contributed by atoms with Gasteiger partial charge >= 0.3 is 0 Å². The summed E-state index contributed by atoms with van der Waals surface area (Å²) in [7, 11) is -2.68. The Morgan fingerprint density at radius 3 is 1.20 bits per heavy atom. The molecule has 41 heavy (non-hydrogen) atoms. The van der Waals surface area contributed by atoms with Crippen molar-refractivity contribution in [1.29, 1.82) is 0 Å². The Hall–Kier alpha value is -0.210. The second kappa shape index (κ2) is 16.2. The Balaban J connectivity index is 0.000000275. The van der Waals surface area contributed by atoms with Crippen molar-refractivity contribution in [1.82, 2.24) is 0 Å². The van der Waals surface area contributed by atoms with Crippen LogP contribution in [-0.2, 0) is 24.0 Å². The molecule has 0 aromatic rings. The molecule has 4 heterocycles. The summed E-state index contributed by atoms with van der Waals surface area (Å²) in [5, 5.41) is 9.40. The fraction of sp³-hybridized carbons (Fsp3) is 1.00. The summed E-state index contributed by atoms with van der Waals surface area (Å²) < 4.78 is 38.0. The highest BCUT2D eigenvalue weighted by molar-refractivity contribution is 7.91. The van der Waals surface area contributed by atoms with Crippen LogP contribution in [0.25, 0.3) is 0 Å². The zero-order valence-electron chi connectivity index (χ0n) is 29.0. The monoisotopic (exact) mass is 604 g/mol. The van der Waals surface area contributed by atoms with Crippen molar-refractivity contribution >= 4 is 9.84 Å². The molecule has 0 aromatic heterocycles. The molecule has 4 aliphatic heterocycles. The summed E-state index contributed by atoms with van der Waals surface area (Å²) in [6.45, 7) is 31.9. The molecule has 6 nitrogen and oxygen atoms in total. The summed E-state index contributed by atoms with van der Waals surface area (Å²) in [6, 6.07) is 0. The molecule has 3 unspecified atom stereocenters. The maximum Gasteiger partial charge on any atom is 0.150 e. The zero-order valence-corrected chi connectivity index (χ0v) is 29.8. The van der Waals surface area contributed by atoms with Gasteiger partial charge in [-0.25, -0.2) is 8.42 Å². The molecule has 4 fully saturated rings. The Kier molecular flexibility index (Phi) is 15.3. The van der Waals surface area contributed by atoms with Crippen LogP contribution in [0.2, 0.25) is 0 Å². The molecule has 4 aliphatic rings. The lowest BCUT2D eigenvalue weighted by atomic mass is 9.76. The Bertz CT molecular complexity index is 799. The summed E-state index contributed by atoms with van der Waals surface area (Å²) >= 11 is 0. The summed E-state index contributed by atoms with van der Waals surface area (Å²) in [4.78, 5) is 0. The van der Waals surface area contributed by atoms with Crippen molar-refractivity contribution in [2.24, 2.45) is 45.3 Å². The molecule has 0 spiro atoms. The third-order valence-electron chi connectivity index (χ3n) is 9.54. The second-order valence-electron chi connectivity index (χ2n) is 17.0. The van der Waals surface area contributed by atoms with Gasteiger partial charge < -0.3 is 19.3 Å². The minimum atomic E-state index is -2.68. The molecular formula is C34H68O6S. The van der Waals surface area contributed by atoms with Crippen LogP contribution in [0.4, 0.5) is 0 Å². The highest BCUT2D eigenvalue weighted by Gasteiger charge is 2.35. The molecule has 0 radical (unpaired) electrons. The maximum atomic E-state index is 11.1. The van der Waals surface area contributed by atoms with Gasteiger partial charge in [0.15, 0.2) is 0 Å². The third kappa shape index (κ3) is 15.4. The van der Waals surface area contributed by atoms with Gasteiger partial charge in [-0.2, -0.15) is 0 Å². The van der Waals surface area contributed by atoms with Crippen molar-refractivity contribution in [3.05, 3.63) is 0 Å². The van der Waals surface area contributed by atoms with Crippen molar-refractivity contribution in [2.45, 2.75) is 121 Å². The first-order valence-electron chi connectivity index (χ1n) is 16.2. The van der Waals surface area contributed by atoms with Gasteiger partial charge in [-0.15, -0.1) is 0 Å². The first kappa shape index (κ1) is 38.8. The highest BCUT2D eigenvalue weighted by atomic mass is 32.2. The average Bonchev–Trinajstić information content (AvgIpc) is 3.51. The van der Waals surface area contributed by atoms with Gasteiger partial charge in [0.2, 0.25) is 0 Å². The summed E-state index contributed by atoms with van der Waals surface area (Å²) in [5.41, 5.74) is 1.39. The van der Waals surface area contributed by atoms with E-state index in [2.05, 4.69) is 83.1 Å². The topological polar surface area (TPSA) is 82.1 Å². The van der Waals surface area contributed by atoms with E-state index in [9.17, 15) is 13.5 Å². The average molecular weight is 605 g/mol. The van der Waals surface area contributed by atoms with Gasteiger partial charge in [-0.05, 0) is 71.5 Å². The molecule has 1 N–H and O–H groups in total. The SMILES string of the molecule is CC(C)(C)C1CCOC1.CC(C)(C)C1CCOCC1.CC(C)(C)C1CCS(=O)(=O)CC1.CC(C)(C)C1COCC1O. The van der Waals surface area contributed by atoms with E-state index in [0.717, 1.165) is 51.1 Å². The quantitative estimate of drug-likeness (QED) is 0.310. The molecule has 0 saturated carbocycles. The normalized spacial score (nSPS) is 28.0. The van der Waals surface area contributed by atoms with E-state index in [0.29, 0.717) is 47.4 Å². The number of aliphatic hydroxyl groups excluding tert-OH is 1. The standard InChI is InChI=1S/C9H18O2S.C9H18O.C8H16O2.C8H16O/c1-9(2,3)8-4-6-12(10,11)7-5-8;1-9(2,3)8-4-6-10-7-5-8;1-8(2,3)6-4-10-5-7(6)9;1-8(2,3)7-4-5-9-6-7/h8H,4-7H2,1-3H3;8H,4-7H2,1-3H3;6-7,9H,4-5H2,1-3H3;7H,4-6H2,1-3H3. The predicted molar refractivity (Wildman–Crippen MR) is 172 cm³/mol. The lowest BCUT2D eigenvalue weighted by Crippen LogP contribution is -2.31. The molecule has 0 bridgehead atoms. The number of hydrogen-bond donors (Lipinski definition) is 1. The summed E-state index contributed by atoms with van der Waals surface area (Å²) in [5.74, 6) is 3.36. The predicted octanol–water partition coefficient (Wildman–Crippen LogP) is 7.43. The minimum Gasteiger partial charge on any atom is -0.390 e. The van der Waals surface area contributed by atoms with Crippen LogP contribution in [0.3, 0.4) is 0 Å². The summed E-state index contributed by atoms with van der Waals surface area (Å²) in [6.07, 6.45) is 5.22. The Morgan fingerprint density at radius 1 is 0.512 bits per heavy atom. The van der Waals surface area contributed by atoms with Gasteiger partial charge in [0.25, 0.3) is 0 Å². The Morgan fingerprint density at radius 2 is 0.927 bits per heavy atom. The molecule has 4 saturated heterocycles. The van der Waals surface area contributed by atoms with E-state index in [1.54, 1.807) is 0 Å². The molecule has 0 amide bonds. The number of sulfone groups is 1. The number of hydrogen-bond acceptors (Lipinski definition) is 6. The fourth-order valence-electron chi connectivity index (χ4n) is 5.91. The Labute approximate surface area is 255 Å². The van der Waals surface area contributed by atoms with Crippen molar-refractivity contribution in [2.75, 3.05) is 51.1 Å². The van der Waals surface area contributed by atoms with Crippen LogP contribution < -0.4 is 0 Å². The van der Waals surface area contributed by atoms with Crippen LogP contribution in [0.15, 0.2) is 0 Å². The molecule has 246 valence electrons. The van der Waals surface area contributed by atoms with Crippen molar-refractivity contribution in [3.63, 3.8) is 0 Å². The molecule has 4 rings (SSSR count). The first-order valence-corrected chi connectivity index (χ1v) is 18.0. The van der Waals surface area contributed by atoms with Gasteiger partial charge in [0.05, 0.1) is 30.8 Å². The first-order chi connectivity index (χ1) is 18.5. The molecule has 0 aliphatic carbocycles. The van der Waals surface area contributed by atoms with E-state index in [-0.39, 0.29) is 16.9 Å². The van der Waals surface area contributed by atoms with Crippen LogP contribution in [-0.4, -0.2) is 70.8 Å². The van der Waals surface area contributed by atoms with Gasteiger partial charge in [-0.3, -0.25) is 0 Å². The number of ether oxygens (including phenoxy) is 3. The van der Waals surface area contributed by atoms with Crippen LogP contribution in [0.5, 0.6) is 0 Å². The van der Waals surface area contributed by atoms with Gasteiger partial charge in [0.1, 0.15) is 9.84 Å². The fourth-order valence-corrected chi connectivity index (χ4v) is 7.40. The van der Waals surface area contributed by atoms with E-state index in [1.807, 2.05) is 0 Å².